The van der Waals surface area contributed by atoms with E-state index in [1.54, 1.807) is 11.1 Å². The highest BCUT2D eigenvalue weighted by Crippen LogP contribution is 2.46. The minimum absolute atomic E-state index is 1.22. The highest BCUT2D eigenvalue weighted by Gasteiger charge is 2.17. The van der Waals surface area contributed by atoms with E-state index in [4.69, 9.17) is 0 Å². The first-order valence-electron chi connectivity index (χ1n) is 29.1. The van der Waals surface area contributed by atoms with Crippen LogP contribution in [0.2, 0.25) is 0 Å². The Kier molecular flexibility index (Phi) is 26.8. The molecule has 0 atom stereocenters. The standard InChI is InChI=1S/C64H96S4/c1-5-7-9-11-13-15-17-19-21-23-25-27-29-31-33-35-37-39-41-53-47-51(3)65-63(53)61-49-57-55-44-46-60-58(56(55)43-45-59(57)67-61)50-62(68-60)64-54(48-52(4)66-64)42-40-38-36-34-32-30-28-26-24-22-20-18-16-14-12-10-8-6-2/h43-50H,5-42H2,1-4H3. The summed E-state index contributed by atoms with van der Waals surface area (Å²) < 4.78 is 2.85. The van der Waals surface area contributed by atoms with Crippen LogP contribution in [-0.2, 0) is 12.8 Å². The van der Waals surface area contributed by atoms with E-state index in [0.29, 0.717) is 0 Å². The first-order valence-corrected chi connectivity index (χ1v) is 32.4. The van der Waals surface area contributed by atoms with Crippen molar-refractivity contribution in [1.29, 1.82) is 0 Å². The molecule has 0 bridgehead atoms. The first-order chi connectivity index (χ1) is 33.6. The molecular formula is C64H96S4. The monoisotopic (exact) mass is 993 g/mol. The fraction of sp³-hybridized carbons (Fsp3) is 0.656. The van der Waals surface area contributed by atoms with Crippen LogP contribution in [0.15, 0.2) is 48.5 Å². The minimum atomic E-state index is 1.22. The summed E-state index contributed by atoms with van der Waals surface area (Å²) in [5.41, 5.74) is 3.16. The van der Waals surface area contributed by atoms with Gasteiger partial charge in [-0.1, -0.05) is 244 Å². The van der Waals surface area contributed by atoms with Crippen LogP contribution in [-0.4, -0.2) is 0 Å². The van der Waals surface area contributed by atoms with Crippen LogP contribution in [0.5, 0.6) is 0 Å². The van der Waals surface area contributed by atoms with Gasteiger partial charge in [-0.2, -0.15) is 0 Å². The maximum Gasteiger partial charge on any atom is 0.0477 e. The Labute approximate surface area is 433 Å². The Morgan fingerprint density at radius 1 is 0.279 bits per heavy atom. The summed E-state index contributed by atoms with van der Waals surface area (Å²) in [7, 11) is 0. The SMILES string of the molecule is CCCCCCCCCCCCCCCCCCCCc1cc(C)sc1-c1cc2c(ccc3c4cc(-c5sc(C)cc5CCCCCCCCCCCCCCCCCCCC)sc4ccc23)s1. The second-order valence-electron chi connectivity index (χ2n) is 21.2. The summed E-state index contributed by atoms with van der Waals surface area (Å²) in [6, 6.07) is 19.7. The molecule has 6 aromatic rings. The van der Waals surface area contributed by atoms with E-state index in [-0.39, 0.29) is 0 Å². The zero-order valence-corrected chi connectivity index (χ0v) is 47.4. The third kappa shape index (κ3) is 18.9. The highest BCUT2D eigenvalue weighted by molar-refractivity contribution is 7.27. The first kappa shape index (κ1) is 55.3. The van der Waals surface area contributed by atoms with E-state index in [2.05, 4.69) is 76.2 Å². The molecule has 0 N–H and O–H groups in total. The summed E-state index contributed by atoms with van der Waals surface area (Å²) in [6.45, 7) is 9.24. The van der Waals surface area contributed by atoms with Crippen molar-refractivity contribution in [2.75, 3.05) is 0 Å². The van der Waals surface area contributed by atoms with Crippen LogP contribution in [0.3, 0.4) is 0 Å². The Bertz CT molecular complexity index is 2080. The van der Waals surface area contributed by atoms with Gasteiger partial charge in [-0.3, -0.25) is 0 Å². The second kappa shape index (κ2) is 32.9. The van der Waals surface area contributed by atoms with E-state index < -0.39 is 0 Å². The predicted molar refractivity (Wildman–Crippen MR) is 316 cm³/mol. The molecule has 0 amide bonds. The van der Waals surface area contributed by atoms with Gasteiger partial charge >= 0.3 is 0 Å². The van der Waals surface area contributed by atoms with E-state index >= 15 is 0 Å². The van der Waals surface area contributed by atoms with Crippen molar-refractivity contribution in [3.8, 4) is 19.5 Å². The average molecular weight is 994 g/mol. The van der Waals surface area contributed by atoms with Crippen LogP contribution in [0, 0.1) is 13.8 Å². The number of fused-ring (bicyclic) bond motifs is 5. The van der Waals surface area contributed by atoms with Crippen molar-refractivity contribution in [1.82, 2.24) is 0 Å². The lowest BCUT2D eigenvalue weighted by atomic mass is 10.0. The zero-order chi connectivity index (χ0) is 47.4. The molecule has 4 aromatic heterocycles. The largest absolute Gasteiger partial charge is 0.139 e. The lowest BCUT2D eigenvalue weighted by Gasteiger charge is -2.04. The topological polar surface area (TPSA) is 0 Å². The summed E-state index contributed by atoms with van der Waals surface area (Å²) in [4.78, 5) is 8.89. The number of thiophene rings is 4. The molecule has 4 heterocycles. The van der Waals surface area contributed by atoms with Gasteiger partial charge < -0.3 is 0 Å². The molecule has 376 valence electrons. The molecule has 0 saturated carbocycles. The smallest absolute Gasteiger partial charge is 0.0477 e. The van der Waals surface area contributed by atoms with Crippen molar-refractivity contribution < 1.29 is 0 Å². The van der Waals surface area contributed by atoms with Crippen LogP contribution >= 0.6 is 45.3 Å². The van der Waals surface area contributed by atoms with Gasteiger partial charge in [-0.15, -0.1) is 45.3 Å². The molecule has 0 fully saturated rings. The predicted octanol–water partition coefficient (Wildman–Crippen LogP) is 24.5. The molecule has 0 aliphatic carbocycles. The van der Waals surface area contributed by atoms with Crippen molar-refractivity contribution in [2.45, 2.75) is 272 Å². The molecule has 0 unspecified atom stereocenters. The molecule has 4 heteroatoms. The quantitative estimate of drug-likeness (QED) is 0.0337. The van der Waals surface area contributed by atoms with Gasteiger partial charge in [0.05, 0.1) is 0 Å². The van der Waals surface area contributed by atoms with Crippen LogP contribution in [0.25, 0.3) is 50.5 Å². The van der Waals surface area contributed by atoms with Crippen LogP contribution < -0.4 is 0 Å². The summed E-state index contributed by atoms with van der Waals surface area (Å²) in [5, 5.41) is 5.70. The molecule has 0 radical (unpaired) electrons. The molecule has 0 aliphatic heterocycles. The number of unbranched alkanes of at least 4 members (excludes halogenated alkanes) is 34. The summed E-state index contributed by atoms with van der Waals surface area (Å²) >= 11 is 8.04. The highest BCUT2D eigenvalue weighted by atomic mass is 32.1. The van der Waals surface area contributed by atoms with Gasteiger partial charge in [0, 0.05) is 49.4 Å². The van der Waals surface area contributed by atoms with E-state index in [0.717, 1.165) is 0 Å². The normalized spacial score (nSPS) is 12.0. The lowest BCUT2D eigenvalue weighted by molar-refractivity contribution is 0.525. The zero-order valence-electron chi connectivity index (χ0n) is 44.1. The number of hydrogen-bond acceptors (Lipinski definition) is 4. The third-order valence-electron chi connectivity index (χ3n) is 15.1. The molecule has 2 aromatic carbocycles. The van der Waals surface area contributed by atoms with Gasteiger partial charge in [-0.25, -0.2) is 0 Å². The Hall–Kier alpha value is -1.98. The molecule has 0 saturated heterocycles. The number of rotatable bonds is 40. The van der Waals surface area contributed by atoms with E-state index in [1.807, 2.05) is 45.3 Å². The number of benzene rings is 2. The third-order valence-corrected chi connectivity index (χ3v) is 19.9. The second-order valence-corrected chi connectivity index (χ2v) is 25.9. The fourth-order valence-corrected chi connectivity index (χ4v) is 15.6. The molecule has 0 aliphatic rings. The maximum absolute atomic E-state index is 2.53. The summed E-state index contributed by atoms with van der Waals surface area (Å²) in [6.07, 6.45) is 54.0. The molecule has 6 rings (SSSR count). The Balaban J connectivity index is 0.897. The average Bonchev–Trinajstić information content (AvgIpc) is 4.15. The van der Waals surface area contributed by atoms with E-state index in [9.17, 15) is 0 Å². The van der Waals surface area contributed by atoms with Crippen molar-refractivity contribution in [2.24, 2.45) is 0 Å². The van der Waals surface area contributed by atoms with Crippen molar-refractivity contribution in [3.05, 3.63) is 69.4 Å². The van der Waals surface area contributed by atoms with E-state index in [1.165, 1.54) is 304 Å². The number of aryl methyl sites for hydroxylation is 4. The number of hydrogen-bond donors (Lipinski definition) is 0. The van der Waals surface area contributed by atoms with Crippen LogP contribution in [0.4, 0.5) is 0 Å². The Morgan fingerprint density at radius 3 is 0.824 bits per heavy atom. The van der Waals surface area contributed by atoms with Gasteiger partial charge in [0.15, 0.2) is 0 Å². The van der Waals surface area contributed by atoms with Crippen molar-refractivity contribution in [3.63, 3.8) is 0 Å². The molecule has 68 heavy (non-hydrogen) atoms. The lowest BCUT2D eigenvalue weighted by Crippen LogP contribution is -1.87. The van der Waals surface area contributed by atoms with Crippen molar-refractivity contribution >= 4 is 76.3 Å². The van der Waals surface area contributed by atoms with Gasteiger partial charge in [0.1, 0.15) is 0 Å². The van der Waals surface area contributed by atoms with Crippen LogP contribution in [0.1, 0.15) is 266 Å². The molecule has 0 nitrogen and oxygen atoms in total. The molecular weight excluding hydrogens is 897 g/mol. The van der Waals surface area contributed by atoms with Gasteiger partial charge in [-0.05, 0) is 97.8 Å². The van der Waals surface area contributed by atoms with Gasteiger partial charge in [0.25, 0.3) is 0 Å². The van der Waals surface area contributed by atoms with Gasteiger partial charge in [0.2, 0.25) is 0 Å². The maximum atomic E-state index is 2.53. The Morgan fingerprint density at radius 2 is 0.544 bits per heavy atom. The minimum Gasteiger partial charge on any atom is -0.139 e. The molecule has 0 spiro atoms. The fourth-order valence-electron chi connectivity index (χ4n) is 11.0. The summed E-state index contributed by atoms with van der Waals surface area (Å²) in [5.74, 6) is 0.